The predicted molar refractivity (Wildman–Crippen MR) is 119 cm³/mol. The number of nitrogens with one attached hydrogen (secondary N) is 1. The fourth-order valence-corrected chi connectivity index (χ4v) is 3.45. The first-order valence-electron chi connectivity index (χ1n) is 10.4. The van der Waals surface area contributed by atoms with E-state index in [1.54, 1.807) is 24.1 Å². The van der Waals surface area contributed by atoms with Crippen molar-refractivity contribution in [2.24, 2.45) is 0 Å². The number of aryl methyl sites for hydroxylation is 1. The van der Waals surface area contributed by atoms with Crippen molar-refractivity contribution in [2.45, 2.75) is 13.8 Å². The molecule has 0 unspecified atom stereocenters. The fourth-order valence-electron chi connectivity index (χ4n) is 3.45. The molecular weight excluding hydrogens is 383 g/mol. The van der Waals surface area contributed by atoms with E-state index in [1.165, 1.54) is 17.8 Å². The maximum Gasteiger partial charge on any atom is 0.321 e. The number of benzene rings is 2. The zero-order valence-electron chi connectivity index (χ0n) is 18.0. The maximum absolute atomic E-state index is 12.9. The van der Waals surface area contributed by atoms with E-state index in [4.69, 9.17) is 4.74 Å². The van der Waals surface area contributed by atoms with E-state index in [1.807, 2.05) is 13.0 Å². The van der Waals surface area contributed by atoms with E-state index in [2.05, 4.69) is 34.2 Å². The summed E-state index contributed by atoms with van der Waals surface area (Å²) in [5.41, 5.74) is 3.04. The van der Waals surface area contributed by atoms with Gasteiger partial charge in [0.1, 0.15) is 18.2 Å². The monoisotopic (exact) mass is 414 g/mol. The predicted octanol–water partition coefficient (Wildman–Crippen LogP) is 3.82. The van der Waals surface area contributed by atoms with Gasteiger partial charge in [0.15, 0.2) is 0 Å². The molecule has 0 aliphatic carbocycles. The van der Waals surface area contributed by atoms with Gasteiger partial charge in [0.05, 0.1) is 6.54 Å². The number of halogens is 1. The molecule has 2 amide bonds. The number of hydrogen-bond donors (Lipinski definition) is 1. The number of carbonyl (C=O) groups excluding carboxylic acids is 1. The van der Waals surface area contributed by atoms with Crippen molar-refractivity contribution >= 4 is 17.4 Å². The molecule has 7 heteroatoms. The van der Waals surface area contributed by atoms with Crippen LogP contribution < -0.4 is 15.0 Å². The Morgan fingerprint density at radius 3 is 2.47 bits per heavy atom. The SMILES string of the molecule is CCN1CCN(c2ccc(NC(=O)N(C)CCOc3ccc(F)cc3)c(C)c2)CC1. The normalized spacial score (nSPS) is 14.5. The number of piperazine rings is 1. The van der Waals surface area contributed by atoms with Crippen LogP contribution in [0.25, 0.3) is 0 Å². The fraction of sp³-hybridized carbons (Fsp3) is 0.435. The number of urea groups is 1. The average Bonchev–Trinajstić information content (AvgIpc) is 2.76. The van der Waals surface area contributed by atoms with Crippen molar-refractivity contribution in [2.75, 3.05) is 63.1 Å². The topological polar surface area (TPSA) is 48.0 Å². The third kappa shape index (κ3) is 5.86. The lowest BCUT2D eigenvalue weighted by Gasteiger charge is -2.35. The molecule has 0 bridgehead atoms. The van der Waals surface area contributed by atoms with Crippen LogP contribution in [0.5, 0.6) is 5.75 Å². The van der Waals surface area contributed by atoms with Crippen LogP contribution in [0.3, 0.4) is 0 Å². The highest BCUT2D eigenvalue weighted by Crippen LogP contribution is 2.24. The molecule has 1 aliphatic heterocycles. The Hall–Kier alpha value is -2.80. The highest BCUT2D eigenvalue weighted by molar-refractivity contribution is 5.90. The van der Waals surface area contributed by atoms with Gasteiger partial charge in [0, 0.05) is 44.6 Å². The molecule has 0 atom stereocenters. The Balaban J connectivity index is 1.48. The first kappa shape index (κ1) is 21.9. The second-order valence-electron chi connectivity index (χ2n) is 7.57. The molecular formula is C23H31FN4O2. The Bertz CT molecular complexity index is 836. The van der Waals surface area contributed by atoms with Crippen molar-refractivity contribution in [1.29, 1.82) is 0 Å². The molecule has 1 aliphatic rings. The van der Waals surface area contributed by atoms with E-state index in [0.29, 0.717) is 18.9 Å². The van der Waals surface area contributed by atoms with Gasteiger partial charge in [-0.1, -0.05) is 6.92 Å². The summed E-state index contributed by atoms with van der Waals surface area (Å²) in [6, 6.07) is 11.8. The van der Waals surface area contributed by atoms with Crippen LogP contribution in [-0.4, -0.2) is 68.8 Å². The smallest absolute Gasteiger partial charge is 0.321 e. The van der Waals surface area contributed by atoms with Gasteiger partial charge >= 0.3 is 6.03 Å². The summed E-state index contributed by atoms with van der Waals surface area (Å²) in [6.07, 6.45) is 0. The lowest BCUT2D eigenvalue weighted by atomic mass is 10.1. The van der Waals surface area contributed by atoms with Gasteiger partial charge in [0.2, 0.25) is 0 Å². The Kier molecular flexibility index (Phi) is 7.52. The first-order valence-corrected chi connectivity index (χ1v) is 10.4. The van der Waals surface area contributed by atoms with E-state index in [-0.39, 0.29) is 11.8 Å². The van der Waals surface area contributed by atoms with Crippen LogP contribution >= 0.6 is 0 Å². The molecule has 1 heterocycles. The second kappa shape index (κ2) is 10.3. The number of hydrogen-bond acceptors (Lipinski definition) is 4. The average molecular weight is 415 g/mol. The number of nitrogens with zero attached hydrogens (tertiary/aromatic N) is 3. The Morgan fingerprint density at radius 2 is 1.83 bits per heavy atom. The summed E-state index contributed by atoms with van der Waals surface area (Å²) in [6.45, 7) is 10.3. The Labute approximate surface area is 178 Å². The van der Waals surface area contributed by atoms with Crippen molar-refractivity contribution < 1.29 is 13.9 Å². The summed E-state index contributed by atoms with van der Waals surface area (Å²) in [7, 11) is 1.72. The van der Waals surface area contributed by atoms with Crippen LogP contribution in [0.1, 0.15) is 12.5 Å². The highest BCUT2D eigenvalue weighted by Gasteiger charge is 2.17. The molecule has 1 N–H and O–H groups in total. The number of ether oxygens (including phenoxy) is 1. The minimum absolute atomic E-state index is 0.190. The van der Waals surface area contributed by atoms with Crippen LogP contribution in [0.15, 0.2) is 42.5 Å². The lowest BCUT2D eigenvalue weighted by molar-refractivity contribution is 0.207. The second-order valence-corrected chi connectivity index (χ2v) is 7.57. The summed E-state index contributed by atoms with van der Waals surface area (Å²) >= 11 is 0. The first-order chi connectivity index (χ1) is 14.5. The van der Waals surface area contributed by atoms with E-state index >= 15 is 0 Å². The molecule has 0 radical (unpaired) electrons. The molecule has 2 aromatic carbocycles. The van der Waals surface area contributed by atoms with Gasteiger partial charge in [0.25, 0.3) is 0 Å². The van der Waals surface area contributed by atoms with Gasteiger partial charge in [-0.3, -0.25) is 0 Å². The highest BCUT2D eigenvalue weighted by atomic mass is 19.1. The van der Waals surface area contributed by atoms with Crippen molar-refractivity contribution in [1.82, 2.24) is 9.80 Å². The third-order valence-corrected chi connectivity index (χ3v) is 5.49. The van der Waals surface area contributed by atoms with Crippen LogP contribution in [-0.2, 0) is 0 Å². The van der Waals surface area contributed by atoms with Crippen LogP contribution in [0.4, 0.5) is 20.6 Å². The molecule has 1 fully saturated rings. The standard InChI is InChI=1S/C23H31FN4O2/c1-4-27-11-13-28(14-12-27)20-7-10-22(18(2)17-20)25-23(29)26(3)15-16-30-21-8-5-19(24)6-9-21/h5-10,17H,4,11-16H2,1-3H3,(H,25,29). The number of amides is 2. The quantitative estimate of drug-likeness (QED) is 0.748. The van der Waals surface area contributed by atoms with Crippen molar-refractivity contribution in [3.05, 3.63) is 53.8 Å². The zero-order chi connectivity index (χ0) is 21.5. The molecule has 0 spiro atoms. The minimum atomic E-state index is -0.302. The third-order valence-electron chi connectivity index (χ3n) is 5.49. The van der Waals surface area contributed by atoms with Gasteiger partial charge in [-0.05, 0) is 61.5 Å². The molecule has 162 valence electrons. The van der Waals surface area contributed by atoms with Gasteiger partial charge in [-0.2, -0.15) is 0 Å². The van der Waals surface area contributed by atoms with E-state index in [9.17, 15) is 9.18 Å². The molecule has 3 rings (SSSR count). The molecule has 0 saturated carbocycles. The van der Waals surface area contributed by atoms with Crippen LogP contribution in [0.2, 0.25) is 0 Å². The van der Waals surface area contributed by atoms with Gasteiger partial charge < -0.3 is 24.8 Å². The molecule has 30 heavy (non-hydrogen) atoms. The van der Waals surface area contributed by atoms with Gasteiger partial charge in [-0.15, -0.1) is 0 Å². The number of carbonyl (C=O) groups is 1. The Morgan fingerprint density at radius 1 is 1.13 bits per heavy atom. The van der Waals surface area contributed by atoms with Gasteiger partial charge in [-0.25, -0.2) is 9.18 Å². The van der Waals surface area contributed by atoms with E-state index < -0.39 is 0 Å². The number of anilines is 2. The summed E-state index contributed by atoms with van der Waals surface area (Å²) in [5.74, 6) is 0.278. The maximum atomic E-state index is 12.9. The number of rotatable bonds is 7. The lowest BCUT2D eigenvalue weighted by Crippen LogP contribution is -2.46. The zero-order valence-corrected chi connectivity index (χ0v) is 18.0. The van der Waals surface area contributed by atoms with Crippen molar-refractivity contribution in [3.8, 4) is 5.75 Å². The number of likely N-dealkylation sites (N-methyl/N-ethyl adjacent to an activating group) is 2. The molecule has 2 aromatic rings. The minimum Gasteiger partial charge on any atom is -0.492 e. The van der Waals surface area contributed by atoms with Crippen LogP contribution in [0, 0.1) is 12.7 Å². The summed E-state index contributed by atoms with van der Waals surface area (Å²) in [4.78, 5) is 18.9. The largest absolute Gasteiger partial charge is 0.492 e. The molecule has 1 saturated heterocycles. The van der Waals surface area contributed by atoms with E-state index in [0.717, 1.165) is 44.0 Å². The summed E-state index contributed by atoms with van der Waals surface area (Å²) < 4.78 is 18.5. The van der Waals surface area contributed by atoms with Crippen molar-refractivity contribution in [3.63, 3.8) is 0 Å². The molecule has 6 nitrogen and oxygen atoms in total. The summed E-state index contributed by atoms with van der Waals surface area (Å²) in [5, 5.41) is 2.97. The molecule has 0 aromatic heterocycles.